The lowest BCUT2D eigenvalue weighted by molar-refractivity contribution is -0.123. The van der Waals surface area contributed by atoms with Gasteiger partial charge < -0.3 is 14.7 Å². The maximum Gasteiger partial charge on any atom is 0.335 e. The maximum absolute atomic E-state index is 13.6. The lowest BCUT2D eigenvalue weighted by atomic mass is 10.1. The molecule has 0 unspecified atom stereocenters. The van der Waals surface area contributed by atoms with Gasteiger partial charge >= 0.3 is 5.97 Å². The average molecular weight is 392 g/mol. The Balaban J connectivity index is 1.41. The van der Waals surface area contributed by atoms with E-state index in [1.807, 2.05) is 41.3 Å². The summed E-state index contributed by atoms with van der Waals surface area (Å²) in [5.74, 6) is 0.592. The summed E-state index contributed by atoms with van der Waals surface area (Å²) < 4.78 is 6.31. The molecule has 6 heteroatoms. The van der Waals surface area contributed by atoms with E-state index in [4.69, 9.17) is 9.84 Å². The third-order valence-electron chi connectivity index (χ3n) is 6.09. The first-order valence-corrected chi connectivity index (χ1v) is 10.2. The number of para-hydroxylation sites is 2. The molecule has 2 aromatic rings. The van der Waals surface area contributed by atoms with Crippen molar-refractivity contribution in [2.45, 2.75) is 38.0 Å². The number of carbonyl (C=O) groups is 2. The number of hydrogen-bond acceptors (Lipinski definition) is 4. The quantitative estimate of drug-likeness (QED) is 0.846. The van der Waals surface area contributed by atoms with E-state index in [1.54, 1.807) is 12.1 Å². The number of rotatable bonds is 5. The van der Waals surface area contributed by atoms with Crippen molar-refractivity contribution in [1.29, 1.82) is 0 Å². The summed E-state index contributed by atoms with van der Waals surface area (Å²) in [6, 6.07) is 14.5. The molecule has 2 heterocycles. The van der Waals surface area contributed by atoms with Gasteiger partial charge in [-0.1, -0.05) is 24.3 Å². The third-order valence-corrected chi connectivity index (χ3v) is 6.09. The second-order valence-electron chi connectivity index (χ2n) is 8.28. The fourth-order valence-electron chi connectivity index (χ4n) is 4.37. The molecule has 29 heavy (non-hydrogen) atoms. The summed E-state index contributed by atoms with van der Waals surface area (Å²) in [4.78, 5) is 28.8. The topological polar surface area (TPSA) is 70.1 Å². The van der Waals surface area contributed by atoms with E-state index in [9.17, 15) is 9.59 Å². The molecule has 1 amide bonds. The molecule has 150 valence electrons. The molecule has 3 aliphatic rings. The van der Waals surface area contributed by atoms with E-state index < -0.39 is 5.97 Å². The molecular formula is C23H24N2O4. The Morgan fingerprint density at radius 1 is 1.10 bits per heavy atom. The van der Waals surface area contributed by atoms with Crippen LogP contribution in [0.4, 0.5) is 5.69 Å². The van der Waals surface area contributed by atoms with Crippen LogP contribution in [0.5, 0.6) is 5.75 Å². The van der Waals surface area contributed by atoms with Crippen LogP contribution in [0, 0.1) is 5.92 Å². The number of carboxylic acids is 1. The number of likely N-dealkylation sites (tertiary alicyclic amines) is 1. The Labute approximate surface area is 169 Å². The summed E-state index contributed by atoms with van der Waals surface area (Å²) >= 11 is 0. The molecule has 2 aliphatic heterocycles. The lowest BCUT2D eigenvalue weighted by Crippen LogP contribution is -2.46. The second-order valence-corrected chi connectivity index (χ2v) is 8.28. The molecule has 0 aromatic heterocycles. The molecule has 1 aliphatic carbocycles. The SMILES string of the molecule is O=C(O)c1ccc(CN2C[C@@H]3C[C@H]2C(=O)N(CC2CC2)c2ccccc2O3)cc1. The Morgan fingerprint density at radius 3 is 2.59 bits per heavy atom. The number of carbonyl (C=O) groups excluding carboxylic acids is 1. The van der Waals surface area contributed by atoms with E-state index in [2.05, 4.69) is 4.90 Å². The molecule has 2 aromatic carbocycles. The summed E-state index contributed by atoms with van der Waals surface area (Å²) in [5, 5.41) is 9.10. The second kappa shape index (κ2) is 7.19. The van der Waals surface area contributed by atoms with Gasteiger partial charge in [0.15, 0.2) is 0 Å². The number of amides is 1. The van der Waals surface area contributed by atoms with Crippen molar-refractivity contribution < 1.29 is 19.4 Å². The van der Waals surface area contributed by atoms with E-state index in [-0.39, 0.29) is 23.6 Å². The minimum atomic E-state index is -0.932. The minimum Gasteiger partial charge on any atom is -0.487 e. The standard InChI is InChI=1S/C23H24N2O4/c26-22-20-11-18(14-24(20)12-15-7-9-17(10-8-15)23(27)28)29-21-4-2-1-3-19(21)25(22)13-16-5-6-16/h1-4,7-10,16,18,20H,5-6,11-14H2,(H,27,28)/t18-,20-/m0/s1. The molecule has 1 saturated carbocycles. The summed E-state index contributed by atoms with van der Waals surface area (Å²) in [6.07, 6.45) is 3.02. The number of nitrogens with zero attached hydrogens (tertiary/aromatic N) is 2. The van der Waals surface area contributed by atoms with Crippen LogP contribution in [0.25, 0.3) is 0 Å². The highest BCUT2D eigenvalue weighted by Crippen LogP contribution is 2.39. The van der Waals surface area contributed by atoms with Gasteiger partial charge in [-0.05, 0) is 48.6 Å². The Kier molecular flexibility index (Phi) is 4.51. The molecule has 2 fully saturated rings. The fraction of sp³-hybridized carbons (Fsp3) is 0.391. The van der Waals surface area contributed by atoms with E-state index in [0.29, 0.717) is 25.4 Å². The first-order valence-electron chi connectivity index (χ1n) is 10.2. The van der Waals surface area contributed by atoms with Crippen LogP contribution in [0.3, 0.4) is 0 Å². The highest BCUT2D eigenvalue weighted by molar-refractivity contribution is 5.99. The van der Waals surface area contributed by atoms with E-state index >= 15 is 0 Å². The van der Waals surface area contributed by atoms with Crippen molar-refractivity contribution in [2.24, 2.45) is 5.92 Å². The van der Waals surface area contributed by atoms with Crippen molar-refractivity contribution in [3.63, 3.8) is 0 Å². The van der Waals surface area contributed by atoms with Crippen LogP contribution in [0.15, 0.2) is 48.5 Å². The Bertz CT molecular complexity index is 938. The largest absolute Gasteiger partial charge is 0.487 e. The van der Waals surface area contributed by atoms with Crippen molar-refractivity contribution in [3.05, 3.63) is 59.7 Å². The number of anilines is 1. The van der Waals surface area contributed by atoms with Crippen LogP contribution in [-0.2, 0) is 11.3 Å². The Hall–Kier alpha value is -2.86. The van der Waals surface area contributed by atoms with Gasteiger partial charge in [0.1, 0.15) is 11.9 Å². The normalized spacial score (nSPS) is 23.9. The smallest absolute Gasteiger partial charge is 0.335 e. The van der Waals surface area contributed by atoms with Gasteiger partial charge in [0.05, 0.1) is 17.3 Å². The zero-order valence-corrected chi connectivity index (χ0v) is 16.2. The average Bonchev–Trinajstić information content (AvgIpc) is 3.45. The van der Waals surface area contributed by atoms with Crippen LogP contribution in [-0.4, -0.2) is 47.1 Å². The van der Waals surface area contributed by atoms with Gasteiger partial charge in [-0.15, -0.1) is 0 Å². The van der Waals surface area contributed by atoms with Crippen molar-refractivity contribution in [2.75, 3.05) is 18.0 Å². The van der Waals surface area contributed by atoms with Gasteiger partial charge in [0.2, 0.25) is 5.91 Å². The minimum absolute atomic E-state index is 0.0218. The number of ether oxygens (including phenoxy) is 1. The molecule has 1 saturated heterocycles. The Morgan fingerprint density at radius 2 is 1.86 bits per heavy atom. The fourth-order valence-corrected chi connectivity index (χ4v) is 4.37. The third kappa shape index (κ3) is 3.60. The monoisotopic (exact) mass is 392 g/mol. The molecule has 2 bridgehead atoms. The number of hydrogen-bond donors (Lipinski definition) is 1. The zero-order valence-electron chi connectivity index (χ0n) is 16.2. The van der Waals surface area contributed by atoms with Gasteiger partial charge in [-0.25, -0.2) is 4.79 Å². The number of fused-ring (bicyclic) bond motifs is 3. The van der Waals surface area contributed by atoms with Crippen LogP contribution < -0.4 is 9.64 Å². The summed E-state index contributed by atoms with van der Waals surface area (Å²) in [7, 11) is 0. The highest BCUT2D eigenvalue weighted by Gasteiger charge is 2.43. The molecule has 6 nitrogen and oxygen atoms in total. The highest BCUT2D eigenvalue weighted by atomic mass is 16.5. The van der Waals surface area contributed by atoms with Gasteiger partial charge in [0, 0.05) is 26.1 Å². The van der Waals surface area contributed by atoms with E-state index in [0.717, 1.165) is 23.5 Å². The molecule has 2 atom stereocenters. The predicted molar refractivity (Wildman–Crippen MR) is 108 cm³/mol. The number of benzene rings is 2. The summed E-state index contributed by atoms with van der Waals surface area (Å²) in [6.45, 7) is 2.04. The zero-order chi connectivity index (χ0) is 20.0. The number of aromatic carboxylic acids is 1. The van der Waals surface area contributed by atoms with Crippen molar-refractivity contribution in [3.8, 4) is 5.75 Å². The van der Waals surface area contributed by atoms with Crippen LogP contribution in [0.2, 0.25) is 0 Å². The maximum atomic E-state index is 13.6. The molecule has 1 N–H and O–H groups in total. The van der Waals surface area contributed by atoms with Crippen molar-refractivity contribution in [1.82, 2.24) is 4.90 Å². The van der Waals surface area contributed by atoms with Gasteiger partial charge in [-0.3, -0.25) is 9.69 Å². The molecular weight excluding hydrogens is 368 g/mol. The van der Waals surface area contributed by atoms with Gasteiger partial charge in [0.25, 0.3) is 0 Å². The van der Waals surface area contributed by atoms with E-state index in [1.165, 1.54) is 12.8 Å². The first kappa shape index (κ1) is 18.2. The summed E-state index contributed by atoms with van der Waals surface area (Å²) in [5.41, 5.74) is 2.15. The molecule has 0 radical (unpaired) electrons. The van der Waals surface area contributed by atoms with Crippen molar-refractivity contribution >= 4 is 17.6 Å². The lowest BCUT2D eigenvalue weighted by Gasteiger charge is -2.32. The number of carboxylic acid groups (broad SMARTS) is 1. The van der Waals surface area contributed by atoms with Crippen LogP contribution >= 0.6 is 0 Å². The molecule has 5 rings (SSSR count). The first-order chi connectivity index (χ1) is 14.1. The van der Waals surface area contributed by atoms with Crippen LogP contribution in [0.1, 0.15) is 35.2 Å². The van der Waals surface area contributed by atoms with Gasteiger partial charge in [-0.2, -0.15) is 0 Å². The molecule has 0 spiro atoms. The predicted octanol–water partition coefficient (Wildman–Crippen LogP) is 3.16.